The SMILES string of the molecule is Cc1cc(CNCC2(CN)CCCCCC2)sc1C. The van der Waals surface area contributed by atoms with Gasteiger partial charge >= 0.3 is 0 Å². The second kappa shape index (κ2) is 6.87. The summed E-state index contributed by atoms with van der Waals surface area (Å²) in [5.74, 6) is 0. The minimum atomic E-state index is 0.359. The highest BCUT2D eigenvalue weighted by atomic mass is 32.1. The largest absolute Gasteiger partial charge is 0.330 e. The van der Waals surface area contributed by atoms with Gasteiger partial charge in [0.1, 0.15) is 0 Å². The molecule has 19 heavy (non-hydrogen) atoms. The molecule has 1 aliphatic rings. The monoisotopic (exact) mass is 280 g/mol. The smallest absolute Gasteiger partial charge is 0.0300 e. The summed E-state index contributed by atoms with van der Waals surface area (Å²) in [7, 11) is 0. The zero-order chi connectivity index (χ0) is 13.7. The number of nitrogens with one attached hydrogen (secondary N) is 1. The van der Waals surface area contributed by atoms with E-state index in [2.05, 4.69) is 25.2 Å². The first kappa shape index (κ1) is 15.0. The van der Waals surface area contributed by atoms with Crippen LogP contribution in [0.15, 0.2) is 6.07 Å². The van der Waals surface area contributed by atoms with Crippen LogP contribution in [0.2, 0.25) is 0 Å². The van der Waals surface area contributed by atoms with Crippen molar-refractivity contribution in [3.05, 3.63) is 21.4 Å². The zero-order valence-corrected chi connectivity index (χ0v) is 13.2. The van der Waals surface area contributed by atoms with E-state index in [1.165, 1.54) is 53.8 Å². The molecule has 1 aliphatic carbocycles. The van der Waals surface area contributed by atoms with E-state index in [9.17, 15) is 0 Å². The van der Waals surface area contributed by atoms with Crippen molar-refractivity contribution in [2.45, 2.75) is 58.9 Å². The third-order valence-electron chi connectivity index (χ3n) is 4.61. The Morgan fingerprint density at radius 1 is 1.21 bits per heavy atom. The van der Waals surface area contributed by atoms with Gasteiger partial charge in [-0.15, -0.1) is 11.3 Å². The lowest BCUT2D eigenvalue weighted by atomic mass is 9.80. The molecular formula is C16H28N2S. The molecule has 0 unspecified atom stereocenters. The van der Waals surface area contributed by atoms with E-state index in [-0.39, 0.29) is 0 Å². The molecule has 1 saturated carbocycles. The third-order valence-corrected chi connectivity index (χ3v) is 5.77. The van der Waals surface area contributed by atoms with Crippen LogP contribution >= 0.6 is 11.3 Å². The van der Waals surface area contributed by atoms with Gasteiger partial charge in [-0.2, -0.15) is 0 Å². The highest BCUT2D eigenvalue weighted by Crippen LogP contribution is 2.33. The molecule has 0 aromatic carbocycles. The lowest BCUT2D eigenvalue weighted by Crippen LogP contribution is -2.39. The molecule has 0 aliphatic heterocycles. The highest BCUT2D eigenvalue weighted by Gasteiger charge is 2.28. The van der Waals surface area contributed by atoms with E-state index in [1.54, 1.807) is 0 Å². The van der Waals surface area contributed by atoms with Crippen molar-refractivity contribution < 1.29 is 0 Å². The summed E-state index contributed by atoms with van der Waals surface area (Å²) in [6, 6.07) is 2.31. The fraction of sp³-hybridized carbons (Fsp3) is 0.750. The van der Waals surface area contributed by atoms with Crippen LogP contribution in [-0.4, -0.2) is 13.1 Å². The van der Waals surface area contributed by atoms with Gasteiger partial charge in [0, 0.05) is 22.8 Å². The summed E-state index contributed by atoms with van der Waals surface area (Å²) >= 11 is 1.92. The van der Waals surface area contributed by atoms with Gasteiger partial charge in [0.15, 0.2) is 0 Å². The van der Waals surface area contributed by atoms with Gasteiger partial charge in [0.2, 0.25) is 0 Å². The van der Waals surface area contributed by atoms with Crippen LogP contribution in [0.25, 0.3) is 0 Å². The van der Waals surface area contributed by atoms with Gasteiger partial charge in [0.05, 0.1) is 0 Å². The van der Waals surface area contributed by atoms with Crippen molar-refractivity contribution in [2.75, 3.05) is 13.1 Å². The highest BCUT2D eigenvalue weighted by molar-refractivity contribution is 7.12. The molecule has 0 bridgehead atoms. The van der Waals surface area contributed by atoms with Gasteiger partial charge in [-0.3, -0.25) is 0 Å². The number of hydrogen-bond donors (Lipinski definition) is 2. The molecule has 0 radical (unpaired) electrons. The molecule has 1 aromatic rings. The molecule has 0 amide bonds. The molecule has 0 saturated heterocycles. The minimum Gasteiger partial charge on any atom is -0.330 e. The first-order chi connectivity index (χ1) is 9.15. The number of rotatable bonds is 5. The molecule has 0 atom stereocenters. The van der Waals surface area contributed by atoms with E-state index >= 15 is 0 Å². The molecular weight excluding hydrogens is 252 g/mol. The fourth-order valence-electron chi connectivity index (χ4n) is 3.12. The Balaban J connectivity index is 1.85. The van der Waals surface area contributed by atoms with Crippen LogP contribution in [0.5, 0.6) is 0 Å². The summed E-state index contributed by atoms with van der Waals surface area (Å²) in [4.78, 5) is 2.90. The Morgan fingerprint density at radius 2 is 1.89 bits per heavy atom. The number of thiophene rings is 1. The maximum atomic E-state index is 6.08. The molecule has 3 N–H and O–H groups in total. The Bertz CT molecular complexity index is 370. The molecule has 2 rings (SSSR count). The average Bonchev–Trinajstić information content (AvgIpc) is 2.62. The van der Waals surface area contributed by atoms with Crippen molar-refractivity contribution in [2.24, 2.45) is 11.1 Å². The lowest BCUT2D eigenvalue weighted by molar-refractivity contribution is 0.242. The summed E-state index contributed by atoms with van der Waals surface area (Å²) in [5, 5.41) is 3.66. The van der Waals surface area contributed by atoms with Gasteiger partial charge in [-0.1, -0.05) is 25.7 Å². The Kier molecular flexibility index (Phi) is 5.43. The van der Waals surface area contributed by atoms with E-state index in [0.29, 0.717) is 5.41 Å². The first-order valence-corrected chi connectivity index (χ1v) is 8.44. The van der Waals surface area contributed by atoms with Crippen LogP contribution in [0.3, 0.4) is 0 Å². The van der Waals surface area contributed by atoms with Gasteiger partial charge < -0.3 is 11.1 Å². The summed E-state index contributed by atoms with van der Waals surface area (Å²) in [5.41, 5.74) is 7.86. The van der Waals surface area contributed by atoms with E-state index in [0.717, 1.165) is 19.6 Å². The maximum absolute atomic E-state index is 6.08. The van der Waals surface area contributed by atoms with E-state index < -0.39 is 0 Å². The molecule has 3 heteroatoms. The van der Waals surface area contributed by atoms with Crippen molar-refractivity contribution in [1.82, 2.24) is 5.32 Å². The first-order valence-electron chi connectivity index (χ1n) is 7.62. The topological polar surface area (TPSA) is 38.0 Å². The fourth-order valence-corrected chi connectivity index (χ4v) is 4.14. The number of hydrogen-bond acceptors (Lipinski definition) is 3. The molecule has 1 fully saturated rings. The molecule has 1 heterocycles. The van der Waals surface area contributed by atoms with E-state index in [1.807, 2.05) is 11.3 Å². The molecule has 0 spiro atoms. The van der Waals surface area contributed by atoms with Gasteiger partial charge in [-0.25, -0.2) is 0 Å². The number of aryl methyl sites for hydroxylation is 2. The van der Waals surface area contributed by atoms with Crippen LogP contribution in [0.4, 0.5) is 0 Å². The number of nitrogens with two attached hydrogens (primary N) is 1. The van der Waals surface area contributed by atoms with Gasteiger partial charge in [-0.05, 0) is 50.3 Å². The normalized spacial score (nSPS) is 19.3. The zero-order valence-electron chi connectivity index (χ0n) is 12.4. The van der Waals surface area contributed by atoms with Crippen LogP contribution in [0.1, 0.15) is 53.8 Å². The Morgan fingerprint density at radius 3 is 2.42 bits per heavy atom. The lowest BCUT2D eigenvalue weighted by Gasteiger charge is -2.31. The molecule has 2 nitrogen and oxygen atoms in total. The second-order valence-electron chi connectivity index (χ2n) is 6.17. The van der Waals surface area contributed by atoms with Gasteiger partial charge in [0.25, 0.3) is 0 Å². The quantitative estimate of drug-likeness (QED) is 0.806. The predicted octanol–water partition coefficient (Wildman–Crippen LogP) is 3.75. The van der Waals surface area contributed by atoms with Crippen LogP contribution in [0, 0.1) is 19.3 Å². The second-order valence-corrected chi connectivity index (χ2v) is 7.51. The molecule has 108 valence electrons. The predicted molar refractivity (Wildman–Crippen MR) is 84.7 cm³/mol. The van der Waals surface area contributed by atoms with Crippen molar-refractivity contribution in [1.29, 1.82) is 0 Å². The van der Waals surface area contributed by atoms with Crippen molar-refractivity contribution in [3.63, 3.8) is 0 Å². The van der Waals surface area contributed by atoms with Crippen molar-refractivity contribution in [3.8, 4) is 0 Å². The third kappa shape index (κ3) is 4.04. The Hall–Kier alpha value is -0.380. The summed E-state index contributed by atoms with van der Waals surface area (Å²) in [6.45, 7) is 7.32. The molecule has 1 aromatic heterocycles. The Labute approximate surface area is 121 Å². The van der Waals surface area contributed by atoms with Crippen molar-refractivity contribution >= 4 is 11.3 Å². The van der Waals surface area contributed by atoms with E-state index in [4.69, 9.17) is 5.73 Å². The average molecular weight is 280 g/mol. The van der Waals surface area contributed by atoms with Crippen LogP contribution in [-0.2, 0) is 6.54 Å². The standard InChI is InChI=1S/C16H28N2S/c1-13-9-15(19-14(13)2)10-18-12-16(11-17)7-5-3-4-6-8-16/h9,18H,3-8,10-12,17H2,1-2H3. The maximum Gasteiger partial charge on any atom is 0.0300 e. The summed E-state index contributed by atoms with van der Waals surface area (Å²) < 4.78 is 0. The van der Waals surface area contributed by atoms with Crippen LogP contribution < -0.4 is 11.1 Å². The summed E-state index contributed by atoms with van der Waals surface area (Å²) in [6.07, 6.45) is 8.11. The minimum absolute atomic E-state index is 0.359.